The fourth-order valence-corrected chi connectivity index (χ4v) is 2.51. The smallest absolute Gasteiger partial charge is 0.310 e. The Labute approximate surface area is 104 Å². The maximum absolute atomic E-state index is 11.2. The van der Waals surface area contributed by atoms with E-state index < -0.39 is 0 Å². The molecule has 1 aromatic carbocycles. The minimum Gasteiger partial charge on any atom is -0.469 e. The first-order valence-corrected chi connectivity index (χ1v) is 6.03. The summed E-state index contributed by atoms with van der Waals surface area (Å²) in [5.41, 5.74) is 7.84. The van der Waals surface area contributed by atoms with Gasteiger partial charge in [0.2, 0.25) is 0 Å². The lowest BCUT2D eigenvalue weighted by Gasteiger charge is -1.97. The number of carbonyl (C=O) groups excluding carboxylic acids is 1. The van der Waals surface area contributed by atoms with Gasteiger partial charge in [-0.25, -0.2) is 0 Å². The van der Waals surface area contributed by atoms with Crippen LogP contribution in [0.3, 0.4) is 0 Å². The van der Waals surface area contributed by atoms with Gasteiger partial charge in [-0.2, -0.15) is 0 Å². The van der Waals surface area contributed by atoms with Crippen molar-refractivity contribution in [2.75, 3.05) is 12.8 Å². The van der Waals surface area contributed by atoms with Gasteiger partial charge in [-0.15, -0.1) is 11.3 Å². The number of hydrogen-bond acceptors (Lipinski definition) is 4. The quantitative estimate of drug-likeness (QED) is 0.848. The zero-order valence-electron chi connectivity index (χ0n) is 9.47. The Kier molecular flexibility index (Phi) is 3.44. The Morgan fingerprint density at radius 1 is 1.35 bits per heavy atom. The lowest BCUT2D eigenvalue weighted by molar-refractivity contribution is -0.139. The van der Waals surface area contributed by atoms with E-state index in [0.29, 0.717) is 5.00 Å². The number of thiophene rings is 1. The monoisotopic (exact) mass is 247 g/mol. The molecule has 0 aliphatic heterocycles. The van der Waals surface area contributed by atoms with Crippen molar-refractivity contribution in [1.82, 2.24) is 0 Å². The molecule has 0 saturated heterocycles. The van der Waals surface area contributed by atoms with E-state index in [2.05, 4.69) is 4.74 Å². The molecular formula is C13H13NO2S. The predicted molar refractivity (Wildman–Crippen MR) is 69.9 cm³/mol. The Morgan fingerprint density at radius 3 is 2.71 bits per heavy atom. The third-order valence-corrected chi connectivity index (χ3v) is 3.52. The highest BCUT2D eigenvalue weighted by Gasteiger charge is 2.11. The van der Waals surface area contributed by atoms with E-state index in [1.807, 2.05) is 36.4 Å². The minimum atomic E-state index is -0.269. The van der Waals surface area contributed by atoms with E-state index >= 15 is 0 Å². The van der Waals surface area contributed by atoms with Crippen molar-refractivity contribution in [3.63, 3.8) is 0 Å². The van der Waals surface area contributed by atoms with Crippen molar-refractivity contribution >= 4 is 22.3 Å². The van der Waals surface area contributed by atoms with Crippen LogP contribution in [0.4, 0.5) is 5.00 Å². The van der Waals surface area contributed by atoms with Crippen molar-refractivity contribution in [2.24, 2.45) is 0 Å². The molecule has 88 valence electrons. The van der Waals surface area contributed by atoms with Crippen molar-refractivity contribution in [2.45, 2.75) is 6.42 Å². The van der Waals surface area contributed by atoms with Crippen LogP contribution in [0.5, 0.6) is 0 Å². The second-order valence-electron chi connectivity index (χ2n) is 3.62. The summed E-state index contributed by atoms with van der Waals surface area (Å²) in [5, 5.41) is 0.675. The third-order valence-electron chi connectivity index (χ3n) is 2.46. The number of esters is 1. The van der Waals surface area contributed by atoms with Gasteiger partial charge < -0.3 is 10.5 Å². The molecule has 0 spiro atoms. The number of rotatable bonds is 3. The maximum Gasteiger partial charge on any atom is 0.310 e. The highest BCUT2D eigenvalue weighted by Crippen LogP contribution is 2.33. The molecule has 3 nitrogen and oxygen atoms in total. The summed E-state index contributed by atoms with van der Waals surface area (Å²) in [6.45, 7) is 0. The molecule has 2 rings (SSSR count). The maximum atomic E-state index is 11.2. The van der Waals surface area contributed by atoms with Crippen LogP contribution < -0.4 is 5.73 Å². The largest absolute Gasteiger partial charge is 0.469 e. The number of methoxy groups -OCH3 is 1. The highest BCUT2D eigenvalue weighted by molar-refractivity contribution is 7.19. The first kappa shape index (κ1) is 11.7. The van der Waals surface area contributed by atoms with Crippen LogP contribution in [0.1, 0.15) is 5.56 Å². The van der Waals surface area contributed by atoms with E-state index in [-0.39, 0.29) is 12.4 Å². The normalized spacial score (nSPS) is 10.2. The molecule has 0 saturated carbocycles. The average molecular weight is 247 g/mol. The standard InChI is InChI=1S/C13H13NO2S/c1-16-12(15)8-10-7-11(17-13(10)14)9-5-3-2-4-6-9/h2-7H,8,14H2,1H3. The molecule has 0 amide bonds. The van der Waals surface area contributed by atoms with Gasteiger partial charge in [0, 0.05) is 4.88 Å². The number of ether oxygens (including phenoxy) is 1. The fourth-order valence-electron chi connectivity index (χ4n) is 1.55. The molecule has 0 fully saturated rings. The molecule has 17 heavy (non-hydrogen) atoms. The minimum absolute atomic E-state index is 0.228. The van der Waals surface area contributed by atoms with Gasteiger partial charge in [0.15, 0.2) is 0 Å². The molecule has 1 heterocycles. The van der Waals surface area contributed by atoms with Gasteiger partial charge in [-0.05, 0) is 17.2 Å². The summed E-state index contributed by atoms with van der Waals surface area (Å²) in [6, 6.07) is 11.9. The molecule has 0 unspecified atom stereocenters. The zero-order valence-corrected chi connectivity index (χ0v) is 10.3. The van der Waals surface area contributed by atoms with Gasteiger partial charge >= 0.3 is 5.97 Å². The van der Waals surface area contributed by atoms with Crippen molar-refractivity contribution < 1.29 is 9.53 Å². The molecule has 0 atom stereocenters. The Bertz CT molecular complexity index is 519. The SMILES string of the molecule is COC(=O)Cc1cc(-c2ccccc2)sc1N. The van der Waals surface area contributed by atoms with Crippen molar-refractivity contribution in [3.8, 4) is 10.4 Å². The lowest BCUT2D eigenvalue weighted by atomic mass is 10.1. The van der Waals surface area contributed by atoms with Gasteiger partial charge in [0.05, 0.1) is 18.5 Å². The van der Waals surface area contributed by atoms with E-state index in [9.17, 15) is 4.79 Å². The van der Waals surface area contributed by atoms with Gasteiger partial charge in [-0.3, -0.25) is 4.79 Å². The lowest BCUT2D eigenvalue weighted by Crippen LogP contribution is -2.04. The number of nitrogens with two attached hydrogens (primary N) is 1. The number of carbonyl (C=O) groups is 1. The van der Waals surface area contributed by atoms with E-state index in [0.717, 1.165) is 16.0 Å². The van der Waals surface area contributed by atoms with E-state index in [1.54, 1.807) is 0 Å². The van der Waals surface area contributed by atoms with Crippen LogP contribution in [0.25, 0.3) is 10.4 Å². The first-order valence-electron chi connectivity index (χ1n) is 5.21. The fraction of sp³-hybridized carbons (Fsp3) is 0.154. The van der Waals surface area contributed by atoms with Crippen LogP contribution in [-0.4, -0.2) is 13.1 Å². The van der Waals surface area contributed by atoms with Crippen molar-refractivity contribution in [1.29, 1.82) is 0 Å². The Hall–Kier alpha value is -1.81. The molecule has 2 aromatic rings. The number of benzene rings is 1. The topological polar surface area (TPSA) is 52.3 Å². The predicted octanol–water partition coefficient (Wildman–Crippen LogP) is 2.71. The van der Waals surface area contributed by atoms with Crippen LogP contribution in [-0.2, 0) is 16.0 Å². The number of nitrogen functional groups attached to an aromatic ring is 1. The molecule has 0 radical (unpaired) electrons. The van der Waals surface area contributed by atoms with Crippen LogP contribution >= 0.6 is 11.3 Å². The molecule has 1 aromatic heterocycles. The molecule has 4 heteroatoms. The van der Waals surface area contributed by atoms with E-state index in [4.69, 9.17) is 5.73 Å². The molecule has 0 bridgehead atoms. The summed E-state index contributed by atoms with van der Waals surface area (Å²) < 4.78 is 4.63. The Morgan fingerprint density at radius 2 is 2.06 bits per heavy atom. The van der Waals surface area contributed by atoms with Crippen molar-refractivity contribution in [3.05, 3.63) is 42.0 Å². The number of hydrogen-bond donors (Lipinski definition) is 1. The van der Waals surface area contributed by atoms with Crippen LogP contribution in [0.15, 0.2) is 36.4 Å². The average Bonchev–Trinajstić information content (AvgIpc) is 2.72. The molecule has 2 N–H and O–H groups in total. The zero-order chi connectivity index (χ0) is 12.3. The summed E-state index contributed by atoms with van der Waals surface area (Å²) in [6.07, 6.45) is 0.228. The summed E-state index contributed by atoms with van der Waals surface area (Å²) >= 11 is 1.49. The second kappa shape index (κ2) is 5.01. The Balaban J connectivity index is 2.28. The number of anilines is 1. The summed E-state index contributed by atoms with van der Waals surface area (Å²) in [7, 11) is 1.38. The van der Waals surface area contributed by atoms with Gasteiger partial charge in [0.25, 0.3) is 0 Å². The third kappa shape index (κ3) is 2.65. The van der Waals surface area contributed by atoms with E-state index in [1.165, 1.54) is 18.4 Å². The summed E-state index contributed by atoms with van der Waals surface area (Å²) in [5.74, 6) is -0.269. The van der Waals surface area contributed by atoms with Crippen LogP contribution in [0, 0.1) is 0 Å². The van der Waals surface area contributed by atoms with Crippen LogP contribution in [0.2, 0.25) is 0 Å². The molecule has 0 aliphatic carbocycles. The highest BCUT2D eigenvalue weighted by atomic mass is 32.1. The molecule has 0 aliphatic rings. The van der Waals surface area contributed by atoms with Gasteiger partial charge in [0.1, 0.15) is 0 Å². The summed E-state index contributed by atoms with van der Waals surface area (Å²) in [4.78, 5) is 12.3. The molecular weight excluding hydrogens is 234 g/mol. The first-order chi connectivity index (χ1) is 8.20. The van der Waals surface area contributed by atoms with Gasteiger partial charge in [-0.1, -0.05) is 30.3 Å². The second-order valence-corrected chi connectivity index (χ2v) is 4.70.